The van der Waals surface area contributed by atoms with E-state index in [-0.39, 0.29) is 48.6 Å². The summed E-state index contributed by atoms with van der Waals surface area (Å²) < 4.78 is 34.6. The maximum Gasteiger partial charge on any atom is 0.310 e. The molecule has 10 heteroatoms. The van der Waals surface area contributed by atoms with Gasteiger partial charge in [-0.25, -0.2) is 13.8 Å². The Morgan fingerprint density at radius 2 is 1.95 bits per heavy atom. The average Bonchev–Trinajstić information content (AvgIpc) is 3.29. The molecule has 0 bridgehead atoms. The van der Waals surface area contributed by atoms with Gasteiger partial charge >= 0.3 is 5.97 Å². The Morgan fingerprint density at radius 1 is 1.12 bits per heavy atom. The molecule has 0 unspecified atom stereocenters. The Labute approximate surface area is 252 Å². The zero-order valence-corrected chi connectivity index (χ0v) is 24.5. The number of carbonyl (C=O) groups is 3. The summed E-state index contributed by atoms with van der Waals surface area (Å²) in [5.41, 5.74) is 0.147. The Hall–Kier alpha value is -3.66. The molecule has 2 aromatic carbocycles. The summed E-state index contributed by atoms with van der Waals surface area (Å²) in [5, 5.41) is 10.4. The van der Waals surface area contributed by atoms with Gasteiger partial charge in [-0.05, 0) is 73.9 Å². The smallest absolute Gasteiger partial charge is 0.310 e. The summed E-state index contributed by atoms with van der Waals surface area (Å²) in [6.45, 7) is 0.141. The minimum absolute atomic E-state index is 0.141. The van der Waals surface area contributed by atoms with Gasteiger partial charge in [0.1, 0.15) is 17.7 Å². The second kappa shape index (κ2) is 12.1. The van der Waals surface area contributed by atoms with Gasteiger partial charge in [0.15, 0.2) is 5.78 Å². The standard InChI is InChI=1S/C33H34F2N2O5S/c34-23-10-6-7-20(14-23)13-21-8-4-2-1-3-5-9-22-17-33(22,31(40)41)18-28(38)27-16-25(19-37(27)30(21)39)42-32-36-26-12-11-24(35)15-29(26)43-32/h5-7,9-12,14-15,21-22,25,27H,1-4,8,13,16-19H2,(H,40,41)/b9-5-/t21-,22-,25-,27+,33-/m1/s1. The summed E-state index contributed by atoms with van der Waals surface area (Å²) in [4.78, 5) is 46.5. The number of ether oxygens (including phenoxy) is 1. The fourth-order valence-corrected chi connectivity index (χ4v) is 7.53. The predicted molar refractivity (Wildman–Crippen MR) is 158 cm³/mol. The van der Waals surface area contributed by atoms with Gasteiger partial charge in [0.25, 0.3) is 5.19 Å². The third kappa shape index (κ3) is 6.34. The van der Waals surface area contributed by atoms with Gasteiger partial charge in [0.2, 0.25) is 5.91 Å². The number of allylic oxidation sites excluding steroid dienone is 2. The molecule has 1 N–H and O–H groups in total. The molecular formula is C33H34F2N2O5S. The third-order valence-corrected chi connectivity index (χ3v) is 9.99. The van der Waals surface area contributed by atoms with Crippen LogP contribution in [-0.4, -0.2) is 51.3 Å². The Bertz CT molecular complexity index is 1570. The monoisotopic (exact) mass is 608 g/mol. The molecule has 0 spiro atoms. The highest BCUT2D eigenvalue weighted by Gasteiger charge is 2.61. The summed E-state index contributed by atoms with van der Waals surface area (Å²) in [5.74, 6) is -2.91. The Balaban J connectivity index is 1.29. The number of aromatic nitrogens is 1. The molecule has 5 atom stereocenters. The van der Waals surface area contributed by atoms with E-state index in [9.17, 15) is 28.3 Å². The van der Waals surface area contributed by atoms with E-state index in [1.54, 1.807) is 23.1 Å². The van der Waals surface area contributed by atoms with Crippen LogP contribution >= 0.6 is 11.3 Å². The highest BCUT2D eigenvalue weighted by molar-refractivity contribution is 7.20. The Morgan fingerprint density at radius 3 is 2.77 bits per heavy atom. The van der Waals surface area contributed by atoms with Crippen LogP contribution in [-0.2, 0) is 20.8 Å². The van der Waals surface area contributed by atoms with Gasteiger partial charge in [-0.1, -0.05) is 48.5 Å². The van der Waals surface area contributed by atoms with Crippen LogP contribution in [0.5, 0.6) is 5.19 Å². The molecule has 43 heavy (non-hydrogen) atoms. The molecule has 1 amide bonds. The number of thiazole rings is 1. The first-order valence-corrected chi connectivity index (χ1v) is 15.7. The van der Waals surface area contributed by atoms with Crippen molar-refractivity contribution in [3.05, 3.63) is 71.8 Å². The number of aliphatic carboxylic acids is 1. The van der Waals surface area contributed by atoms with Crippen LogP contribution in [0, 0.1) is 28.9 Å². The van der Waals surface area contributed by atoms with Crippen molar-refractivity contribution in [3.63, 3.8) is 0 Å². The molecule has 0 radical (unpaired) electrons. The summed E-state index contributed by atoms with van der Waals surface area (Å²) >= 11 is 1.19. The molecule has 2 fully saturated rings. The number of hydrogen-bond acceptors (Lipinski definition) is 6. The fraction of sp³-hybridized carbons (Fsp3) is 0.455. The van der Waals surface area contributed by atoms with Crippen LogP contribution < -0.4 is 4.74 Å². The molecule has 7 nitrogen and oxygen atoms in total. The minimum Gasteiger partial charge on any atom is -0.481 e. The van der Waals surface area contributed by atoms with Crippen LogP contribution in [0.25, 0.3) is 10.2 Å². The van der Waals surface area contributed by atoms with Crippen molar-refractivity contribution in [2.24, 2.45) is 17.3 Å². The zero-order valence-electron chi connectivity index (χ0n) is 23.7. The number of hydrogen-bond donors (Lipinski definition) is 1. The number of benzene rings is 2. The Kier molecular flexibility index (Phi) is 8.31. The number of ketones is 1. The van der Waals surface area contributed by atoms with Gasteiger partial charge < -0.3 is 14.7 Å². The van der Waals surface area contributed by atoms with Crippen molar-refractivity contribution in [2.75, 3.05) is 6.54 Å². The molecular weight excluding hydrogens is 574 g/mol. The van der Waals surface area contributed by atoms with Crippen molar-refractivity contribution in [1.29, 1.82) is 0 Å². The van der Waals surface area contributed by atoms with E-state index in [0.717, 1.165) is 25.7 Å². The van der Waals surface area contributed by atoms with Crippen molar-refractivity contribution in [1.82, 2.24) is 9.88 Å². The van der Waals surface area contributed by atoms with Crippen LogP contribution in [0.1, 0.15) is 56.9 Å². The number of carboxylic acids is 1. The molecule has 3 aliphatic rings. The van der Waals surface area contributed by atoms with Gasteiger partial charge in [-0.3, -0.25) is 14.4 Å². The van der Waals surface area contributed by atoms with Crippen LogP contribution in [0.2, 0.25) is 0 Å². The van der Waals surface area contributed by atoms with Crippen LogP contribution in [0.15, 0.2) is 54.6 Å². The van der Waals surface area contributed by atoms with Crippen molar-refractivity contribution in [3.8, 4) is 5.19 Å². The lowest BCUT2D eigenvalue weighted by molar-refractivity contribution is -0.147. The van der Waals surface area contributed by atoms with Crippen molar-refractivity contribution >= 4 is 39.2 Å². The number of carboxylic acid groups (broad SMARTS) is 1. The predicted octanol–water partition coefficient (Wildman–Crippen LogP) is 6.35. The van der Waals surface area contributed by atoms with E-state index >= 15 is 0 Å². The number of Topliss-reactive ketones (excluding diaryl/α,β-unsaturated/α-hetero) is 1. The number of fused-ring (bicyclic) bond motifs is 3. The lowest BCUT2D eigenvalue weighted by atomic mass is 9.90. The van der Waals surface area contributed by atoms with Crippen molar-refractivity contribution in [2.45, 2.75) is 69.9 Å². The average molecular weight is 609 g/mol. The highest BCUT2D eigenvalue weighted by atomic mass is 32.1. The van der Waals surface area contributed by atoms with E-state index in [0.29, 0.717) is 40.2 Å². The maximum atomic E-state index is 14.2. The molecule has 1 saturated heterocycles. The molecule has 2 aliphatic heterocycles. The number of halogens is 2. The lowest BCUT2D eigenvalue weighted by Crippen LogP contribution is -2.45. The second-order valence-corrected chi connectivity index (χ2v) is 13.1. The first-order chi connectivity index (χ1) is 20.7. The van der Waals surface area contributed by atoms with Gasteiger partial charge in [0.05, 0.1) is 28.2 Å². The maximum absolute atomic E-state index is 14.2. The SMILES string of the molecule is O=C1C[C@]2(C(=O)O)C[C@H]2/C=C\CCCCC[C@H](Cc2cccc(F)c2)C(=O)N2C[C@H](Oc3nc4ccc(F)cc4s3)C[C@@H]12. The molecule has 3 aromatic rings. The summed E-state index contributed by atoms with van der Waals surface area (Å²) in [7, 11) is 0. The first kappa shape index (κ1) is 29.4. The van der Waals surface area contributed by atoms with Crippen molar-refractivity contribution < 1.29 is 33.0 Å². The minimum atomic E-state index is -1.15. The molecule has 1 saturated carbocycles. The van der Waals surface area contributed by atoms with Gasteiger partial charge in [-0.15, -0.1) is 0 Å². The van der Waals surface area contributed by atoms with Gasteiger partial charge in [0, 0.05) is 18.8 Å². The molecule has 3 heterocycles. The zero-order chi connectivity index (χ0) is 30.1. The topological polar surface area (TPSA) is 96.8 Å². The molecule has 6 rings (SSSR count). The number of carbonyl (C=O) groups excluding carboxylic acids is 2. The normalized spacial score (nSPS) is 28.9. The van der Waals surface area contributed by atoms with Gasteiger partial charge in [-0.2, -0.15) is 0 Å². The molecule has 1 aromatic heterocycles. The quantitative estimate of drug-likeness (QED) is 0.339. The van der Waals surface area contributed by atoms with E-state index in [4.69, 9.17) is 4.74 Å². The fourth-order valence-electron chi connectivity index (χ4n) is 6.63. The number of rotatable bonds is 5. The largest absolute Gasteiger partial charge is 0.481 e. The third-order valence-electron chi connectivity index (χ3n) is 9.08. The van der Waals surface area contributed by atoms with Crippen LogP contribution in [0.4, 0.5) is 8.78 Å². The van der Waals surface area contributed by atoms with E-state index in [2.05, 4.69) is 4.98 Å². The lowest BCUT2D eigenvalue weighted by Gasteiger charge is -2.29. The second-order valence-electron chi connectivity index (χ2n) is 12.1. The molecule has 226 valence electrons. The van der Waals surface area contributed by atoms with E-state index in [1.807, 2.05) is 12.2 Å². The van der Waals surface area contributed by atoms with Crippen LogP contribution in [0.3, 0.4) is 0 Å². The highest BCUT2D eigenvalue weighted by Crippen LogP contribution is 2.57. The van der Waals surface area contributed by atoms with E-state index < -0.39 is 29.4 Å². The number of amides is 1. The summed E-state index contributed by atoms with van der Waals surface area (Å²) in [6.07, 6.45) is 8.21. The van der Waals surface area contributed by atoms with E-state index in [1.165, 1.54) is 35.6 Å². The number of nitrogens with zero attached hydrogens (tertiary/aromatic N) is 2. The molecule has 1 aliphatic carbocycles. The first-order valence-electron chi connectivity index (χ1n) is 14.9. The summed E-state index contributed by atoms with van der Waals surface area (Å²) in [6, 6.07) is 9.67.